The zero-order chi connectivity index (χ0) is 15.7. The molecule has 0 unspecified atom stereocenters. The lowest BCUT2D eigenvalue weighted by Gasteiger charge is -2.40. The summed E-state index contributed by atoms with van der Waals surface area (Å²) in [6.45, 7) is 0.214. The van der Waals surface area contributed by atoms with Gasteiger partial charge in [-0.3, -0.25) is 10.1 Å². The van der Waals surface area contributed by atoms with Crippen molar-refractivity contribution in [2.45, 2.75) is 31.0 Å². The van der Waals surface area contributed by atoms with Gasteiger partial charge in [0.2, 0.25) is 0 Å². The highest BCUT2D eigenvalue weighted by Crippen LogP contribution is 2.37. The number of methoxy groups -OCH3 is 1. The summed E-state index contributed by atoms with van der Waals surface area (Å²) >= 11 is 0. The number of pyridine rings is 1. The van der Waals surface area contributed by atoms with Crippen molar-refractivity contribution < 1.29 is 22.8 Å². The van der Waals surface area contributed by atoms with E-state index in [1.54, 1.807) is 0 Å². The number of anilines is 1. The third-order valence-corrected chi connectivity index (χ3v) is 3.67. The highest BCUT2D eigenvalue weighted by Gasteiger charge is 2.38. The van der Waals surface area contributed by atoms with Crippen molar-refractivity contribution in [1.82, 2.24) is 4.98 Å². The van der Waals surface area contributed by atoms with Crippen LogP contribution in [0.4, 0.5) is 24.5 Å². The average Bonchev–Trinajstić information content (AvgIpc) is 2.36. The number of rotatable bonds is 5. The van der Waals surface area contributed by atoms with Gasteiger partial charge in [0, 0.05) is 13.7 Å². The van der Waals surface area contributed by atoms with Gasteiger partial charge in [-0.2, -0.15) is 13.2 Å². The van der Waals surface area contributed by atoms with Gasteiger partial charge in [-0.1, -0.05) is 0 Å². The molecular formula is C12H14F3N3O3. The van der Waals surface area contributed by atoms with Gasteiger partial charge in [-0.25, -0.2) is 4.98 Å². The van der Waals surface area contributed by atoms with Gasteiger partial charge in [0.25, 0.3) is 0 Å². The summed E-state index contributed by atoms with van der Waals surface area (Å²) in [5.74, 6) is 0. The molecule has 2 rings (SSSR count). The molecule has 0 aromatic carbocycles. The quantitative estimate of drug-likeness (QED) is 0.668. The summed E-state index contributed by atoms with van der Waals surface area (Å²) in [6, 6.07) is 0.653. The van der Waals surface area contributed by atoms with Crippen LogP contribution in [0.25, 0.3) is 0 Å². The molecule has 0 amide bonds. The average molecular weight is 305 g/mol. The lowest BCUT2D eigenvalue weighted by molar-refractivity contribution is -0.384. The van der Waals surface area contributed by atoms with Crippen LogP contribution in [-0.2, 0) is 10.9 Å². The molecular weight excluding hydrogens is 291 g/mol. The summed E-state index contributed by atoms with van der Waals surface area (Å²) < 4.78 is 43.2. The molecule has 1 saturated carbocycles. The van der Waals surface area contributed by atoms with Crippen LogP contribution in [0.3, 0.4) is 0 Å². The molecule has 1 aromatic heterocycles. The Kier molecular flexibility index (Phi) is 4.04. The van der Waals surface area contributed by atoms with Crippen LogP contribution in [0.15, 0.2) is 12.3 Å². The van der Waals surface area contributed by atoms with E-state index in [0.29, 0.717) is 12.3 Å². The maximum absolute atomic E-state index is 12.6. The maximum Gasteiger partial charge on any atom is 0.433 e. The zero-order valence-electron chi connectivity index (χ0n) is 11.2. The molecule has 1 aliphatic rings. The normalized spacial score (nSPS) is 17.1. The minimum atomic E-state index is -4.65. The van der Waals surface area contributed by atoms with Crippen LogP contribution < -0.4 is 5.32 Å². The second-order valence-electron chi connectivity index (χ2n) is 4.94. The lowest BCUT2D eigenvalue weighted by Crippen LogP contribution is -2.45. The maximum atomic E-state index is 12.6. The second-order valence-corrected chi connectivity index (χ2v) is 4.94. The van der Waals surface area contributed by atoms with Crippen molar-refractivity contribution in [3.05, 3.63) is 28.1 Å². The van der Waals surface area contributed by atoms with Gasteiger partial charge in [-0.15, -0.1) is 0 Å². The Labute approximate surface area is 118 Å². The van der Waals surface area contributed by atoms with Crippen LogP contribution in [0.2, 0.25) is 0 Å². The predicted molar refractivity (Wildman–Crippen MR) is 68.0 cm³/mol. The van der Waals surface area contributed by atoms with Crippen molar-refractivity contribution >= 4 is 11.4 Å². The molecule has 0 atom stereocenters. The SMILES string of the molecule is COC1(CNc2cc(C(F)(F)F)ncc2[N+](=O)[O-])CCC1. The topological polar surface area (TPSA) is 77.3 Å². The molecule has 116 valence electrons. The summed E-state index contributed by atoms with van der Waals surface area (Å²) in [4.78, 5) is 13.2. The first kappa shape index (κ1) is 15.5. The Morgan fingerprint density at radius 1 is 1.52 bits per heavy atom. The number of nitro groups is 1. The highest BCUT2D eigenvalue weighted by molar-refractivity contribution is 5.61. The molecule has 6 nitrogen and oxygen atoms in total. The van der Waals surface area contributed by atoms with E-state index < -0.39 is 28.1 Å². The Hall–Kier alpha value is -1.90. The monoisotopic (exact) mass is 305 g/mol. The number of aromatic nitrogens is 1. The van der Waals surface area contributed by atoms with Gasteiger partial charge in [0.05, 0.1) is 10.5 Å². The van der Waals surface area contributed by atoms with Crippen molar-refractivity contribution in [2.24, 2.45) is 0 Å². The summed E-state index contributed by atoms with van der Waals surface area (Å²) in [5, 5.41) is 13.6. The van der Waals surface area contributed by atoms with Crippen molar-refractivity contribution in [3.8, 4) is 0 Å². The Balaban J connectivity index is 2.24. The van der Waals surface area contributed by atoms with Gasteiger partial charge >= 0.3 is 11.9 Å². The van der Waals surface area contributed by atoms with E-state index in [1.165, 1.54) is 7.11 Å². The fourth-order valence-electron chi connectivity index (χ4n) is 2.17. The number of halogens is 3. The van der Waals surface area contributed by atoms with Crippen molar-refractivity contribution in [3.63, 3.8) is 0 Å². The third kappa shape index (κ3) is 3.23. The van der Waals surface area contributed by atoms with E-state index in [-0.39, 0.29) is 12.2 Å². The summed E-state index contributed by atoms with van der Waals surface area (Å²) in [5.41, 5.74) is -2.33. The van der Waals surface area contributed by atoms with Gasteiger partial charge in [0.1, 0.15) is 17.6 Å². The fourth-order valence-corrected chi connectivity index (χ4v) is 2.17. The zero-order valence-corrected chi connectivity index (χ0v) is 11.2. The minimum Gasteiger partial charge on any atom is -0.376 e. The highest BCUT2D eigenvalue weighted by atomic mass is 19.4. The van der Waals surface area contributed by atoms with Crippen molar-refractivity contribution in [2.75, 3.05) is 19.0 Å². The standard InChI is InChI=1S/C12H14F3N3O3/c1-21-11(3-2-4-11)7-17-8-5-10(12(13,14)15)16-6-9(8)18(19)20/h5-6H,2-4,7H2,1H3,(H,16,17). The summed E-state index contributed by atoms with van der Waals surface area (Å²) in [6.07, 6.45) is -1.54. The Morgan fingerprint density at radius 3 is 2.62 bits per heavy atom. The van der Waals surface area contributed by atoms with E-state index >= 15 is 0 Å². The smallest absolute Gasteiger partial charge is 0.376 e. The second kappa shape index (κ2) is 5.47. The number of nitrogens with zero attached hydrogens (tertiary/aromatic N) is 2. The van der Waals surface area contributed by atoms with Gasteiger partial charge in [0.15, 0.2) is 0 Å². The fraction of sp³-hybridized carbons (Fsp3) is 0.583. The molecule has 1 N–H and O–H groups in total. The largest absolute Gasteiger partial charge is 0.433 e. The molecule has 0 saturated heterocycles. The molecule has 0 spiro atoms. The summed E-state index contributed by atoms with van der Waals surface area (Å²) in [7, 11) is 1.52. The van der Waals surface area contributed by atoms with E-state index in [1.807, 2.05) is 0 Å². The van der Waals surface area contributed by atoms with Crippen LogP contribution >= 0.6 is 0 Å². The molecule has 9 heteroatoms. The molecule has 0 aliphatic heterocycles. The van der Waals surface area contributed by atoms with E-state index in [2.05, 4.69) is 10.3 Å². The molecule has 21 heavy (non-hydrogen) atoms. The van der Waals surface area contributed by atoms with Gasteiger partial charge < -0.3 is 10.1 Å². The lowest BCUT2D eigenvalue weighted by atomic mass is 9.80. The number of nitrogens with one attached hydrogen (secondary N) is 1. The van der Waals surface area contributed by atoms with Crippen LogP contribution in [-0.4, -0.2) is 29.2 Å². The Morgan fingerprint density at radius 2 is 2.19 bits per heavy atom. The first-order valence-electron chi connectivity index (χ1n) is 6.28. The van der Waals surface area contributed by atoms with Crippen LogP contribution in [0, 0.1) is 10.1 Å². The minimum absolute atomic E-state index is 0.203. The molecule has 0 radical (unpaired) electrons. The first-order chi connectivity index (χ1) is 9.77. The van der Waals surface area contributed by atoms with E-state index in [9.17, 15) is 23.3 Å². The van der Waals surface area contributed by atoms with E-state index in [0.717, 1.165) is 19.3 Å². The van der Waals surface area contributed by atoms with Crippen LogP contribution in [0.5, 0.6) is 0 Å². The van der Waals surface area contributed by atoms with Crippen molar-refractivity contribution in [1.29, 1.82) is 0 Å². The molecule has 1 heterocycles. The predicted octanol–water partition coefficient (Wildman–Crippen LogP) is 2.99. The molecule has 1 fully saturated rings. The Bertz CT molecular complexity index is 539. The van der Waals surface area contributed by atoms with E-state index in [4.69, 9.17) is 4.74 Å². The number of alkyl halides is 3. The third-order valence-electron chi connectivity index (χ3n) is 3.67. The number of hydrogen-bond donors (Lipinski definition) is 1. The first-order valence-corrected chi connectivity index (χ1v) is 6.28. The molecule has 0 bridgehead atoms. The van der Waals surface area contributed by atoms with Gasteiger partial charge in [-0.05, 0) is 25.3 Å². The number of hydrogen-bond acceptors (Lipinski definition) is 5. The molecule has 1 aromatic rings. The number of ether oxygens (including phenoxy) is 1. The molecule has 1 aliphatic carbocycles. The van der Waals surface area contributed by atoms with Crippen LogP contribution in [0.1, 0.15) is 25.0 Å².